The lowest BCUT2D eigenvalue weighted by Gasteiger charge is -2.19. The average Bonchev–Trinajstić information content (AvgIpc) is 2.61. The fourth-order valence-corrected chi connectivity index (χ4v) is 3.13. The summed E-state index contributed by atoms with van der Waals surface area (Å²) in [6, 6.07) is 15.2. The van der Waals surface area contributed by atoms with Crippen LogP contribution in [0.1, 0.15) is 16.7 Å². The second-order valence-corrected chi connectivity index (χ2v) is 8.51. The molecule has 0 bridgehead atoms. The molecule has 0 aromatic heterocycles. The molecule has 1 N–H and O–H groups in total. The van der Waals surface area contributed by atoms with Crippen molar-refractivity contribution in [2.24, 2.45) is 0 Å². The van der Waals surface area contributed by atoms with Crippen LogP contribution in [0, 0.1) is 13.8 Å². The third-order valence-electron chi connectivity index (χ3n) is 3.98. The summed E-state index contributed by atoms with van der Waals surface area (Å²) in [5, 5.41) is 2.69. The van der Waals surface area contributed by atoms with Gasteiger partial charge in [0.1, 0.15) is 12.4 Å². The van der Waals surface area contributed by atoms with Gasteiger partial charge in [0.05, 0.1) is 19.3 Å². The number of rotatable bonds is 9. The molecule has 0 spiro atoms. The van der Waals surface area contributed by atoms with Crippen molar-refractivity contribution in [3.8, 4) is 5.75 Å². The van der Waals surface area contributed by atoms with Crippen LogP contribution in [-0.4, -0.2) is 44.6 Å². The van der Waals surface area contributed by atoms with E-state index in [1.54, 1.807) is 0 Å². The molecule has 0 aliphatic heterocycles. The number of carbonyl (C=O) groups excluding carboxylic acids is 1. The molecule has 0 aliphatic carbocycles. The molecule has 0 saturated carbocycles. The highest BCUT2D eigenvalue weighted by Crippen LogP contribution is 2.11. The number of hydrogen-bond acceptors (Lipinski definition) is 4. The zero-order valence-corrected chi connectivity index (χ0v) is 16.8. The SMILES string of the molecule is Cc1ccc(CN(CC(=O)NCCOc2ccc(C)cc2)S(C)(=O)=O)cc1. The van der Waals surface area contributed by atoms with Crippen LogP contribution in [-0.2, 0) is 21.4 Å². The number of nitrogens with one attached hydrogen (secondary N) is 1. The number of nitrogens with zero attached hydrogens (tertiary/aromatic N) is 1. The number of sulfonamides is 1. The number of aryl methyl sites for hydroxylation is 2. The van der Waals surface area contributed by atoms with E-state index in [1.165, 1.54) is 0 Å². The molecule has 0 radical (unpaired) electrons. The molecular formula is C20H26N2O4S. The number of benzene rings is 2. The van der Waals surface area contributed by atoms with Crippen LogP contribution < -0.4 is 10.1 Å². The largest absolute Gasteiger partial charge is 0.492 e. The van der Waals surface area contributed by atoms with Gasteiger partial charge >= 0.3 is 0 Å². The topological polar surface area (TPSA) is 75.7 Å². The monoisotopic (exact) mass is 390 g/mol. The Kier molecular flexibility index (Phi) is 7.38. The summed E-state index contributed by atoms with van der Waals surface area (Å²) in [7, 11) is -3.50. The Bertz CT molecular complexity index is 847. The van der Waals surface area contributed by atoms with Crippen LogP contribution in [0.15, 0.2) is 48.5 Å². The highest BCUT2D eigenvalue weighted by molar-refractivity contribution is 7.88. The van der Waals surface area contributed by atoms with E-state index in [0.29, 0.717) is 13.2 Å². The van der Waals surface area contributed by atoms with E-state index >= 15 is 0 Å². The molecule has 0 saturated heterocycles. The van der Waals surface area contributed by atoms with Crippen LogP contribution in [0.25, 0.3) is 0 Å². The molecule has 0 fully saturated rings. The van der Waals surface area contributed by atoms with Crippen molar-refractivity contribution in [3.05, 3.63) is 65.2 Å². The minimum atomic E-state index is -3.50. The summed E-state index contributed by atoms with van der Waals surface area (Å²) < 4.78 is 30.7. The van der Waals surface area contributed by atoms with Crippen molar-refractivity contribution < 1.29 is 17.9 Å². The molecule has 27 heavy (non-hydrogen) atoms. The van der Waals surface area contributed by atoms with Gasteiger partial charge in [-0.1, -0.05) is 47.5 Å². The molecule has 146 valence electrons. The van der Waals surface area contributed by atoms with Gasteiger partial charge in [0, 0.05) is 6.54 Å². The summed E-state index contributed by atoms with van der Waals surface area (Å²) >= 11 is 0. The summed E-state index contributed by atoms with van der Waals surface area (Å²) in [6.07, 6.45) is 1.11. The third kappa shape index (κ3) is 7.40. The van der Waals surface area contributed by atoms with E-state index in [-0.39, 0.29) is 19.0 Å². The predicted molar refractivity (Wildman–Crippen MR) is 106 cm³/mol. The standard InChI is InChI=1S/C20H26N2O4S/c1-16-4-8-18(9-5-16)14-22(27(3,24)25)15-20(23)21-12-13-26-19-10-6-17(2)7-11-19/h4-11H,12-15H2,1-3H3,(H,21,23). The molecule has 7 heteroatoms. The summed E-state index contributed by atoms with van der Waals surface area (Å²) in [5.41, 5.74) is 3.07. The molecule has 2 aromatic rings. The second-order valence-electron chi connectivity index (χ2n) is 6.53. The summed E-state index contributed by atoms with van der Waals surface area (Å²) in [5.74, 6) is 0.368. The fraction of sp³-hybridized carbons (Fsp3) is 0.350. The predicted octanol–water partition coefficient (Wildman–Crippen LogP) is 2.26. The maximum Gasteiger partial charge on any atom is 0.235 e. The zero-order valence-electron chi connectivity index (χ0n) is 15.9. The Morgan fingerprint density at radius 2 is 1.56 bits per heavy atom. The Morgan fingerprint density at radius 1 is 1.00 bits per heavy atom. The van der Waals surface area contributed by atoms with Gasteiger partial charge in [0.15, 0.2) is 0 Å². The molecule has 0 atom stereocenters. The number of ether oxygens (including phenoxy) is 1. The minimum Gasteiger partial charge on any atom is -0.492 e. The van der Waals surface area contributed by atoms with Crippen LogP contribution >= 0.6 is 0 Å². The number of carbonyl (C=O) groups is 1. The van der Waals surface area contributed by atoms with Crippen molar-refractivity contribution in [2.45, 2.75) is 20.4 Å². The summed E-state index contributed by atoms with van der Waals surface area (Å²) in [6.45, 7) is 4.50. The van der Waals surface area contributed by atoms with Crippen molar-refractivity contribution in [1.29, 1.82) is 0 Å². The van der Waals surface area contributed by atoms with Crippen LogP contribution in [0.3, 0.4) is 0 Å². The van der Waals surface area contributed by atoms with Gasteiger partial charge in [-0.2, -0.15) is 4.31 Å². The van der Waals surface area contributed by atoms with E-state index < -0.39 is 10.0 Å². The Labute approximate surface area is 161 Å². The lowest BCUT2D eigenvalue weighted by atomic mass is 10.1. The van der Waals surface area contributed by atoms with Gasteiger partial charge in [-0.3, -0.25) is 4.79 Å². The molecule has 0 unspecified atom stereocenters. The highest BCUT2D eigenvalue weighted by atomic mass is 32.2. The van der Waals surface area contributed by atoms with E-state index in [9.17, 15) is 13.2 Å². The maximum absolute atomic E-state index is 12.1. The van der Waals surface area contributed by atoms with E-state index in [4.69, 9.17) is 4.74 Å². The Morgan fingerprint density at radius 3 is 2.11 bits per heavy atom. The quantitative estimate of drug-likeness (QED) is 0.667. The molecule has 6 nitrogen and oxygen atoms in total. The van der Waals surface area contributed by atoms with Crippen molar-refractivity contribution >= 4 is 15.9 Å². The van der Waals surface area contributed by atoms with Gasteiger partial charge in [-0.15, -0.1) is 0 Å². The van der Waals surface area contributed by atoms with Gasteiger partial charge in [-0.25, -0.2) is 8.42 Å². The van der Waals surface area contributed by atoms with Gasteiger partial charge in [0.2, 0.25) is 15.9 Å². The summed E-state index contributed by atoms with van der Waals surface area (Å²) in [4.78, 5) is 12.1. The van der Waals surface area contributed by atoms with E-state index in [0.717, 1.165) is 33.0 Å². The first-order chi connectivity index (χ1) is 12.7. The second kappa shape index (κ2) is 9.53. The first kappa shape index (κ1) is 20.9. The fourth-order valence-electron chi connectivity index (χ4n) is 2.40. The first-order valence-electron chi connectivity index (χ1n) is 8.71. The molecule has 0 aliphatic rings. The lowest BCUT2D eigenvalue weighted by molar-refractivity contribution is -0.121. The van der Waals surface area contributed by atoms with Gasteiger partial charge < -0.3 is 10.1 Å². The zero-order chi connectivity index (χ0) is 19.9. The lowest BCUT2D eigenvalue weighted by Crippen LogP contribution is -2.40. The van der Waals surface area contributed by atoms with E-state index in [2.05, 4.69) is 5.32 Å². The third-order valence-corrected chi connectivity index (χ3v) is 5.18. The average molecular weight is 391 g/mol. The molecule has 1 amide bonds. The number of hydrogen-bond donors (Lipinski definition) is 1. The van der Waals surface area contributed by atoms with E-state index in [1.807, 2.05) is 62.4 Å². The smallest absolute Gasteiger partial charge is 0.235 e. The normalized spacial score (nSPS) is 11.4. The Balaban J connectivity index is 1.82. The van der Waals surface area contributed by atoms with Crippen LogP contribution in [0.5, 0.6) is 5.75 Å². The Hall–Kier alpha value is -2.38. The highest BCUT2D eigenvalue weighted by Gasteiger charge is 2.20. The molecular weight excluding hydrogens is 364 g/mol. The van der Waals surface area contributed by atoms with Crippen LogP contribution in [0.4, 0.5) is 0 Å². The molecule has 2 aromatic carbocycles. The van der Waals surface area contributed by atoms with Crippen molar-refractivity contribution in [3.63, 3.8) is 0 Å². The van der Waals surface area contributed by atoms with Gasteiger partial charge in [0.25, 0.3) is 0 Å². The van der Waals surface area contributed by atoms with Gasteiger partial charge in [-0.05, 0) is 31.5 Å². The van der Waals surface area contributed by atoms with Crippen LogP contribution in [0.2, 0.25) is 0 Å². The minimum absolute atomic E-state index is 0.159. The number of amides is 1. The molecule has 0 heterocycles. The van der Waals surface area contributed by atoms with Crippen molar-refractivity contribution in [1.82, 2.24) is 9.62 Å². The van der Waals surface area contributed by atoms with Crippen molar-refractivity contribution in [2.75, 3.05) is 26.0 Å². The maximum atomic E-state index is 12.1. The first-order valence-corrected chi connectivity index (χ1v) is 10.6. The molecule has 2 rings (SSSR count).